The van der Waals surface area contributed by atoms with Gasteiger partial charge in [0, 0.05) is 0 Å². The number of aliphatic hydroxyl groups excluding tert-OH is 1. The number of thiazole rings is 1. The molecule has 1 heterocycles. The van der Waals surface area contributed by atoms with Gasteiger partial charge in [0.2, 0.25) is 0 Å². The van der Waals surface area contributed by atoms with Gasteiger partial charge in [0.1, 0.15) is 36.6 Å². The van der Waals surface area contributed by atoms with E-state index in [9.17, 15) is 5.11 Å². The molecule has 0 bridgehead atoms. The van der Waals surface area contributed by atoms with Crippen molar-refractivity contribution >= 4 is 21.6 Å². The zero-order valence-electron chi connectivity index (χ0n) is 14.7. The largest absolute Gasteiger partial charge is 0.490 e. The molecule has 0 amide bonds. The number of nitrogens with two attached hydrogens (primary N) is 1. The fraction of sp³-hybridized carbons (Fsp3) is 0.350. The smallest absolute Gasteiger partial charge is 0.148 e. The van der Waals surface area contributed by atoms with Crippen LogP contribution in [0.1, 0.15) is 30.3 Å². The molecule has 0 saturated carbocycles. The molecule has 0 aliphatic heterocycles. The molecule has 0 aliphatic rings. The molecule has 5 heteroatoms. The standard InChI is InChI=1S/C20H24N2O2S/c1-14(2)16-7-3-5-9-18(16)24-13-15(23)11-21-12-20-22-17-8-4-6-10-19(17)25-20/h3-10,14-15,21,23H,11-13H2,1-2H3/p+1/t15-/m0/s1. The number of rotatable bonds is 8. The maximum absolute atomic E-state index is 10.2. The summed E-state index contributed by atoms with van der Waals surface area (Å²) in [6.07, 6.45) is -0.505. The Morgan fingerprint density at radius 2 is 1.88 bits per heavy atom. The lowest BCUT2D eigenvalue weighted by molar-refractivity contribution is -0.676. The van der Waals surface area contributed by atoms with Crippen molar-refractivity contribution in [3.8, 4) is 5.75 Å². The van der Waals surface area contributed by atoms with E-state index in [1.807, 2.05) is 36.4 Å². The first-order chi connectivity index (χ1) is 12.1. The molecule has 3 aromatic rings. The van der Waals surface area contributed by atoms with Crippen molar-refractivity contribution in [1.82, 2.24) is 4.98 Å². The van der Waals surface area contributed by atoms with E-state index < -0.39 is 6.10 Å². The third-order valence-corrected chi connectivity index (χ3v) is 5.13. The molecule has 1 atom stereocenters. The van der Waals surface area contributed by atoms with Gasteiger partial charge in [-0.25, -0.2) is 4.98 Å². The quantitative estimate of drug-likeness (QED) is 0.652. The number of para-hydroxylation sites is 2. The number of quaternary nitrogens is 1. The van der Waals surface area contributed by atoms with Crippen LogP contribution < -0.4 is 10.1 Å². The number of aromatic nitrogens is 1. The summed E-state index contributed by atoms with van der Waals surface area (Å²) >= 11 is 1.71. The van der Waals surface area contributed by atoms with Crippen molar-refractivity contribution in [1.29, 1.82) is 0 Å². The van der Waals surface area contributed by atoms with Gasteiger partial charge < -0.3 is 15.2 Å². The zero-order chi connectivity index (χ0) is 17.6. The topological polar surface area (TPSA) is 59.0 Å². The predicted octanol–water partition coefficient (Wildman–Crippen LogP) is 2.92. The third kappa shape index (κ3) is 4.78. The molecule has 0 spiro atoms. The van der Waals surface area contributed by atoms with E-state index in [-0.39, 0.29) is 0 Å². The highest BCUT2D eigenvalue weighted by Crippen LogP contribution is 2.25. The number of aliphatic hydroxyl groups is 1. The van der Waals surface area contributed by atoms with Gasteiger partial charge in [-0.3, -0.25) is 0 Å². The van der Waals surface area contributed by atoms with E-state index in [0.717, 1.165) is 22.8 Å². The molecule has 0 aliphatic carbocycles. The molecular weight excluding hydrogens is 332 g/mol. The molecule has 0 saturated heterocycles. The molecule has 0 radical (unpaired) electrons. The molecule has 3 N–H and O–H groups in total. The van der Waals surface area contributed by atoms with Crippen LogP contribution in [0.2, 0.25) is 0 Å². The lowest BCUT2D eigenvalue weighted by Gasteiger charge is -2.15. The third-order valence-electron chi connectivity index (χ3n) is 4.07. The van der Waals surface area contributed by atoms with Crippen molar-refractivity contribution in [2.24, 2.45) is 0 Å². The molecule has 1 aromatic heterocycles. The first kappa shape index (κ1) is 17.9. The number of hydrogen-bond acceptors (Lipinski definition) is 4. The number of fused-ring (bicyclic) bond motifs is 1. The van der Waals surface area contributed by atoms with Crippen LogP contribution in [-0.4, -0.2) is 29.3 Å². The minimum Gasteiger partial charge on any atom is -0.490 e. The van der Waals surface area contributed by atoms with Crippen molar-refractivity contribution < 1.29 is 15.2 Å². The maximum Gasteiger partial charge on any atom is 0.148 e. The summed E-state index contributed by atoms with van der Waals surface area (Å²) in [4.78, 5) is 4.61. The maximum atomic E-state index is 10.2. The summed E-state index contributed by atoms with van der Waals surface area (Å²) in [5.41, 5.74) is 2.22. The second-order valence-electron chi connectivity index (χ2n) is 6.46. The van der Waals surface area contributed by atoms with E-state index in [1.165, 1.54) is 10.3 Å². The van der Waals surface area contributed by atoms with Crippen molar-refractivity contribution in [3.05, 3.63) is 59.1 Å². The van der Waals surface area contributed by atoms with Crippen LogP contribution in [-0.2, 0) is 6.54 Å². The fourth-order valence-electron chi connectivity index (χ4n) is 2.75. The number of hydrogen-bond donors (Lipinski definition) is 2. The van der Waals surface area contributed by atoms with E-state index >= 15 is 0 Å². The van der Waals surface area contributed by atoms with Crippen LogP contribution in [0.5, 0.6) is 5.75 Å². The van der Waals surface area contributed by atoms with Crippen molar-refractivity contribution in [2.45, 2.75) is 32.4 Å². The Hall–Kier alpha value is -1.95. The number of nitrogens with zero attached hydrogens (tertiary/aromatic N) is 1. The van der Waals surface area contributed by atoms with Gasteiger partial charge in [-0.15, -0.1) is 11.3 Å². The average molecular weight is 357 g/mol. The minimum absolute atomic E-state index is 0.306. The summed E-state index contributed by atoms with van der Waals surface area (Å²) in [5.74, 6) is 1.27. The number of benzene rings is 2. The molecule has 0 unspecified atom stereocenters. The van der Waals surface area contributed by atoms with E-state index in [0.29, 0.717) is 19.1 Å². The highest BCUT2D eigenvalue weighted by atomic mass is 32.1. The van der Waals surface area contributed by atoms with E-state index in [4.69, 9.17) is 4.74 Å². The van der Waals surface area contributed by atoms with Crippen LogP contribution in [0.3, 0.4) is 0 Å². The molecule has 4 nitrogen and oxygen atoms in total. The molecule has 3 rings (SSSR count). The summed E-state index contributed by atoms with van der Waals surface area (Å²) in [6, 6.07) is 16.2. The van der Waals surface area contributed by atoms with Crippen LogP contribution in [0, 0.1) is 0 Å². The first-order valence-electron chi connectivity index (χ1n) is 8.69. The van der Waals surface area contributed by atoms with E-state index in [1.54, 1.807) is 11.3 Å². The Balaban J connectivity index is 1.46. The Labute approximate surface area is 152 Å². The molecular formula is C20H25N2O2S+. The summed E-state index contributed by atoms with van der Waals surface area (Å²) in [6.45, 7) is 5.97. The van der Waals surface area contributed by atoms with Crippen LogP contribution >= 0.6 is 11.3 Å². The van der Waals surface area contributed by atoms with Crippen LogP contribution in [0.15, 0.2) is 48.5 Å². The molecule has 0 fully saturated rings. The minimum atomic E-state index is -0.505. The van der Waals surface area contributed by atoms with E-state index in [2.05, 4.69) is 36.3 Å². The average Bonchev–Trinajstić information content (AvgIpc) is 3.03. The highest BCUT2D eigenvalue weighted by Gasteiger charge is 2.12. The van der Waals surface area contributed by atoms with Crippen molar-refractivity contribution in [2.75, 3.05) is 13.2 Å². The normalized spacial score (nSPS) is 12.6. The summed E-state index contributed by atoms with van der Waals surface area (Å²) < 4.78 is 7.04. The predicted molar refractivity (Wildman–Crippen MR) is 102 cm³/mol. The van der Waals surface area contributed by atoms with Gasteiger partial charge in [0.05, 0.1) is 10.2 Å². The van der Waals surface area contributed by atoms with Crippen LogP contribution in [0.25, 0.3) is 10.2 Å². The van der Waals surface area contributed by atoms with Crippen LogP contribution in [0.4, 0.5) is 0 Å². The number of ether oxygens (including phenoxy) is 1. The summed E-state index contributed by atoms with van der Waals surface area (Å²) in [5, 5.41) is 13.4. The van der Waals surface area contributed by atoms with Gasteiger partial charge in [0.25, 0.3) is 0 Å². The summed E-state index contributed by atoms with van der Waals surface area (Å²) in [7, 11) is 0. The lowest BCUT2D eigenvalue weighted by Crippen LogP contribution is -2.85. The molecule has 2 aromatic carbocycles. The van der Waals surface area contributed by atoms with Gasteiger partial charge >= 0.3 is 0 Å². The highest BCUT2D eigenvalue weighted by molar-refractivity contribution is 7.18. The van der Waals surface area contributed by atoms with Gasteiger partial charge in [-0.1, -0.05) is 44.2 Å². The second kappa shape index (κ2) is 8.43. The molecule has 132 valence electrons. The van der Waals surface area contributed by atoms with Gasteiger partial charge in [-0.05, 0) is 29.7 Å². The van der Waals surface area contributed by atoms with Crippen molar-refractivity contribution in [3.63, 3.8) is 0 Å². The monoisotopic (exact) mass is 357 g/mol. The lowest BCUT2D eigenvalue weighted by atomic mass is 10.0. The molecule has 25 heavy (non-hydrogen) atoms. The Bertz CT molecular complexity index is 783. The fourth-order valence-corrected chi connectivity index (χ4v) is 3.71. The Morgan fingerprint density at radius 1 is 1.12 bits per heavy atom. The first-order valence-corrected chi connectivity index (χ1v) is 9.51. The van der Waals surface area contributed by atoms with Gasteiger partial charge in [-0.2, -0.15) is 0 Å². The zero-order valence-corrected chi connectivity index (χ0v) is 15.5. The Morgan fingerprint density at radius 3 is 2.68 bits per heavy atom. The Kier molecular flexibility index (Phi) is 6.02. The SMILES string of the molecule is CC(C)c1ccccc1OC[C@@H](O)C[NH2+]Cc1nc2ccccc2s1. The van der Waals surface area contributed by atoms with Gasteiger partial charge in [0.15, 0.2) is 0 Å². The second-order valence-corrected chi connectivity index (χ2v) is 7.58.